The Labute approximate surface area is 151 Å². The van der Waals surface area contributed by atoms with Crippen molar-refractivity contribution in [3.05, 3.63) is 57.9 Å². The van der Waals surface area contributed by atoms with Gasteiger partial charge in [-0.1, -0.05) is 35.1 Å². The Bertz CT molecular complexity index is 606. The van der Waals surface area contributed by atoms with Crippen molar-refractivity contribution in [1.29, 1.82) is 0 Å². The van der Waals surface area contributed by atoms with Gasteiger partial charge in [-0.15, -0.1) is 0 Å². The van der Waals surface area contributed by atoms with E-state index in [0.29, 0.717) is 12.1 Å². The number of hydrogen-bond donors (Lipinski definition) is 0. The van der Waals surface area contributed by atoms with Gasteiger partial charge in [0.25, 0.3) is 0 Å². The van der Waals surface area contributed by atoms with Gasteiger partial charge in [-0.2, -0.15) is 0 Å². The number of rotatable bonds is 4. The molecule has 1 heterocycles. The summed E-state index contributed by atoms with van der Waals surface area (Å²) in [6, 6.07) is 0. The summed E-state index contributed by atoms with van der Waals surface area (Å²) in [6.07, 6.45) is 6.98. The van der Waals surface area contributed by atoms with Crippen LogP contribution in [0.1, 0.15) is 44.5 Å². The largest absolute Gasteiger partial charge is 2.00 e. The van der Waals surface area contributed by atoms with E-state index in [-0.39, 0.29) is 49.5 Å². The number of aryl methyl sites for hydroxylation is 1. The van der Waals surface area contributed by atoms with Gasteiger partial charge in [-0.25, -0.2) is 0 Å². The van der Waals surface area contributed by atoms with E-state index in [1.807, 2.05) is 45.3 Å². The zero-order valence-electron chi connectivity index (χ0n) is 13.7. The molecule has 0 aliphatic carbocycles. The Balaban J connectivity index is 0. The first-order valence-corrected chi connectivity index (χ1v) is 6.36. The standard InChI is InChI=1S/C16H20NO2.CH3.U/c1-6-17-9-14(10-18)16(19)15(13(17)5)8-7-12(4)11(2)3;;/h7-9H,6H2,1-5H3;1H3;/q2*-1;+2/b8-7-;;. The van der Waals surface area contributed by atoms with Crippen molar-refractivity contribution in [3.63, 3.8) is 0 Å². The van der Waals surface area contributed by atoms with Crippen LogP contribution in [0.2, 0.25) is 0 Å². The monoisotopic (exact) mass is 511 g/mol. The topological polar surface area (TPSA) is 39.1 Å². The van der Waals surface area contributed by atoms with Crippen molar-refractivity contribution in [2.24, 2.45) is 0 Å². The molecule has 0 amide bonds. The Morgan fingerprint density at radius 1 is 1.33 bits per heavy atom. The molecule has 3 nitrogen and oxygen atoms in total. The first-order chi connectivity index (χ1) is 8.92. The van der Waals surface area contributed by atoms with E-state index in [9.17, 15) is 9.59 Å². The number of carbonyl (C=O) groups excluding carboxylic acids is 1. The minimum Gasteiger partial charge on any atom is -0.405 e. The van der Waals surface area contributed by atoms with Crippen LogP contribution in [0, 0.1) is 45.5 Å². The molecule has 0 fully saturated rings. The molecule has 0 unspecified atom stereocenters. The van der Waals surface area contributed by atoms with Crippen LogP contribution in [-0.4, -0.2) is 10.9 Å². The number of allylic oxidation sites excluding steroid dienone is 3. The van der Waals surface area contributed by atoms with Crippen LogP contribution >= 0.6 is 0 Å². The molecular weight excluding hydrogens is 488 g/mol. The molecule has 0 bridgehead atoms. The zero-order valence-corrected chi connectivity index (χ0v) is 17.9. The number of hydrogen-bond acceptors (Lipinski definition) is 2. The van der Waals surface area contributed by atoms with Crippen LogP contribution in [-0.2, 0) is 11.3 Å². The van der Waals surface area contributed by atoms with Crippen LogP contribution < -0.4 is 5.43 Å². The summed E-state index contributed by atoms with van der Waals surface area (Å²) in [5.74, 6) is 0. The molecule has 0 saturated heterocycles. The maximum atomic E-state index is 12.1. The third kappa shape index (κ3) is 5.45. The Morgan fingerprint density at radius 2 is 1.90 bits per heavy atom. The molecule has 0 N–H and O–H groups in total. The van der Waals surface area contributed by atoms with Crippen molar-refractivity contribution < 1.29 is 35.9 Å². The molecule has 112 valence electrons. The summed E-state index contributed by atoms with van der Waals surface area (Å²) >= 11 is 0. The second-order valence-corrected chi connectivity index (χ2v) is 4.78. The fourth-order valence-corrected chi connectivity index (χ4v) is 1.75. The molecule has 21 heavy (non-hydrogen) atoms. The molecule has 0 aromatic carbocycles. The smallest absolute Gasteiger partial charge is 0.405 e. The van der Waals surface area contributed by atoms with Gasteiger partial charge in [-0.05, 0) is 40.2 Å². The first-order valence-electron chi connectivity index (χ1n) is 6.36. The third-order valence-electron chi connectivity index (χ3n) is 3.33. The maximum absolute atomic E-state index is 12.1. The molecule has 1 aromatic rings. The van der Waals surface area contributed by atoms with E-state index in [2.05, 4.69) is 0 Å². The molecule has 0 aliphatic rings. The van der Waals surface area contributed by atoms with Gasteiger partial charge < -0.3 is 21.6 Å². The summed E-state index contributed by atoms with van der Waals surface area (Å²) in [5, 5.41) is 0. The minimum atomic E-state index is -0.255. The molecule has 4 heteroatoms. The van der Waals surface area contributed by atoms with Crippen molar-refractivity contribution in [3.8, 4) is 0 Å². The third-order valence-corrected chi connectivity index (χ3v) is 3.33. The molecule has 0 atom stereocenters. The van der Waals surface area contributed by atoms with E-state index >= 15 is 0 Å². The van der Waals surface area contributed by atoms with Gasteiger partial charge >= 0.3 is 31.1 Å². The zero-order chi connectivity index (χ0) is 14.6. The molecule has 0 aliphatic heterocycles. The Hall–Kier alpha value is -0.848. The fraction of sp³-hybridized carbons (Fsp3) is 0.353. The molecule has 0 spiro atoms. The minimum absolute atomic E-state index is 0. The Morgan fingerprint density at radius 3 is 2.33 bits per heavy atom. The van der Waals surface area contributed by atoms with Crippen LogP contribution in [0.4, 0.5) is 0 Å². The van der Waals surface area contributed by atoms with E-state index in [4.69, 9.17) is 0 Å². The van der Waals surface area contributed by atoms with Gasteiger partial charge in [0.15, 0.2) is 0 Å². The molecule has 0 radical (unpaired) electrons. The van der Waals surface area contributed by atoms with Crippen molar-refractivity contribution >= 4 is 12.4 Å². The fourth-order valence-electron chi connectivity index (χ4n) is 1.75. The van der Waals surface area contributed by atoms with Crippen molar-refractivity contribution in [2.75, 3.05) is 0 Å². The SMILES string of the molecule is CCn1cc([C-]=O)c(=O)c(/C=C\C(C)=C(C)C)c1C.[CH3-].[U+2]. The van der Waals surface area contributed by atoms with Gasteiger partial charge in [0.2, 0.25) is 0 Å². The van der Waals surface area contributed by atoms with E-state index in [1.165, 1.54) is 5.57 Å². The molecule has 1 aromatic heterocycles. The van der Waals surface area contributed by atoms with E-state index < -0.39 is 0 Å². The molecule has 0 saturated carbocycles. The van der Waals surface area contributed by atoms with Crippen LogP contribution in [0.5, 0.6) is 0 Å². The van der Waals surface area contributed by atoms with Gasteiger partial charge in [0.1, 0.15) is 0 Å². The molecular formula is C17H23NO2U. The van der Waals surface area contributed by atoms with E-state index in [1.54, 1.807) is 18.6 Å². The summed E-state index contributed by atoms with van der Waals surface area (Å²) < 4.78 is 1.89. The van der Waals surface area contributed by atoms with Gasteiger partial charge in [-0.3, -0.25) is 0 Å². The predicted octanol–water partition coefficient (Wildman–Crippen LogP) is 3.45. The van der Waals surface area contributed by atoms with Gasteiger partial charge in [0.05, 0.1) is 11.7 Å². The van der Waals surface area contributed by atoms with Crippen LogP contribution in [0.25, 0.3) is 6.08 Å². The number of aromatic nitrogens is 1. The van der Waals surface area contributed by atoms with Gasteiger partial charge in [0, 0.05) is 12.2 Å². The summed E-state index contributed by atoms with van der Waals surface area (Å²) in [4.78, 5) is 23.0. The second-order valence-electron chi connectivity index (χ2n) is 4.78. The number of pyridine rings is 1. The normalized spacial score (nSPS) is 9.76. The quantitative estimate of drug-likeness (QED) is 0.459. The van der Waals surface area contributed by atoms with E-state index in [0.717, 1.165) is 11.3 Å². The average molecular weight is 511 g/mol. The summed E-state index contributed by atoms with van der Waals surface area (Å²) in [7, 11) is 0. The predicted molar refractivity (Wildman–Crippen MR) is 85.4 cm³/mol. The van der Waals surface area contributed by atoms with Crippen LogP contribution in [0.15, 0.2) is 28.2 Å². The molecule has 1 rings (SSSR count). The first kappa shape index (κ1) is 22.4. The second kappa shape index (κ2) is 9.98. The maximum Gasteiger partial charge on any atom is 2.00 e. The summed E-state index contributed by atoms with van der Waals surface area (Å²) in [5.41, 5.74) is 3.56. The average Bonchev–Trinajstić information content (AvgIpc) is 2.38. The van der Waals surface area contributed by atoms with Crippen molar-refractivity contribution in [2.45, 2.75) is 41.2 Å². The Kier molecular flexibility index (Phi) is 10.7. The van der Waals surface area contributed by atoms with Crippen LogP contribution in [0.3, 0.4) is 0 Å². The summed E-state index contributed by atoms with van der Waals surface area (Å²) in [6.45, 7) is 10.6. The number of nitrogens with zero attached hydrogens (tertiary/aromatic N) is 1. The van der Waals surface area contributed by atoms with Crippen molar-refractivity contribution in [1.82, 2.24) is 4.57 Å².